The summed E-state index contributed by atoms with van der Waals surface area (Å²) in [5.74, 6) is 1.45. The monoisotopic (exact) mass is 452 g/mol. The van der Waals surface area contributed by atoms with Gasteiger partial charge < -0.3 is 9.84 Å². The molecule has 0 aliphatic rings. The van der Waals surface area contributed by atoms with Gasteiger partial charge in [0.1, 0.15) is 5.82 Å². The van der Waals surface area contributed by atoms with Crippen LogP contribution in [0, 0.1) is 19.7 Å². The normalized spacial score (nSPS) is 11.0. The van der Waals surface area contributed by atoms with Gasteiger partial charge in [0.05, 0.1) is 5.75 Å². The Morgan fingerprint density at radius 1 is 1.16 bits per heavy atom. The number of aryl methyl sites for hydroxylation is 2. The second kappa shape index (κ2) is 9.73. The zero-order chi connectivity index (χ0) is 22.5. The van der Waals surface area contributed by atoms with Crippen molar-refractivity contribution in [3.05, 3.63) is 71.1 Å². The van der Waals surface area contributed by atoms with Gasteiger partial charge in [0.25, 0.3) is 0 Å². The number of H-pyrrole nitrogens is 1. The molecule has 2 N–H and O–H groups in total. The summed E-state index contributed by atoms with van der Waals surface area (Å²) in [6, 6.07) is 11.8. The highest BCUT2D eigenvalue weighted by Gasteiger charge is 2.13. The van der Waals surface area contributed by atoms with Crippen LogP contribution in [0.5, 0.6) is 0 Å². The van der Waals surface area contributed by atoms with E-state index in [2.05, 4.69) is 30.6 Å². The minimum Gasteiger partial charge on any atom is -0.339 e. The summed E-state index contributed by atoms with van der Waals surface area (Å²) in [6.45, 7) is 3.98. The summed E-state index contributed by atoms with van der Waals surface area (Å²) < 4.78 is 18.3. The van der Waals surface area contributed by atoms with Gasteiger partial charge in [-0.25, -0.2) is 9.37 Å². The number of carbonyl (C=O) groups is 1. The molecule has 0 aliphatic carbocycles. The van der Waals surface area contributed by atoms with E-state index in [0.717, 1.165) is 22.4 Å². The second-order valence-corrected chi connectivity index (χ2v) is 8.10. The van der Waals surface area contributed by atoms with E-state index in [0.29, 0.717) is 34.9 Å². The van der Waals surface area contributed by atoms with Crippen molar-refractivity contribution >= 4 is 23.4 Å². The first kappa shape index (κ1) is 21.7. The molecule has 4 aromatic rings. The Balaban J connectivity index is 1.26. The topological polar surface area (TPSA) is 110 Å². The van der Waals surface area contributed by atoms with Crippen LogP contribution in [0.4, 0.5) is 10.1 Å². The van der Waals surface area contributed by atoms with Crippen molar-refractivity contribution in [2.75, 3.05) is 5.32 Å². The van der Waals surface area contributed by atoms with Gasteiger partial charge in [-0.2, -0.15) is 4.98 Å². The Bertz CT molecular complexity index is 1220. The van der Waals surface area contributed by atoms with Crippen molar-refractivity contribution in [2.24, 2.45) is 0 Å². The first-order valence-corrected chi connectivity index (χ1v) is 10.9. The quantitative estimate of drug-likeness (QED) is 0.380. The summed E-state index contributed by atoms with van der Waals surface area (Å²) in [6.07, 6.45) is 0.591. The van der Waals surface area contributed by atoms with E-state index < -0.39 is 0 Å². The first-order chi connectivity index (χ1) is 15.5. The van der Waals surface area contributed by atoms with Gasteiger partial charge in [0.2, 0.25) is 17.0 Å². The molecular weight excluding hydrogens is 431 g/mol. The van der Waals surface area contributed by atoms with Crippen LogP contribution in [0.1, 0.15) is 29.3 Å². The molecule has 2 aromatic heterocycles. The van der Waals surface area contributed by atoms with Crippen molar-refractivity contribution in [3.63, 3.8) is 0 Å². The van der Waals surface area contributed by atoms with Gasteiger partial charge in [0, 0.05) is 24.1 Å². The smallest absolute Gasteiger partial charge is 0.227 e. The van der Waals surface area contributed by atoms with Gasteiger partial charge in [-0.15, -0.1) is 5.10 Å². The minimum absolute atomic E-state index is 0.109. The van der Waals surface area contributed by atoms with Crippen LogP contribution in [0.2, 0.25) is 0 Å². The minimum atomic E-state index is -0.307. The van der Waals surface area contributed by atoms with E-state index in [1.807, 2.05) is 32.0 Å². The zero-order valence-corrected chi connectivity index (χ0v) is 18.4. The summed E-state index contributed by atoms with van der Waals surface area (Å²) >= 11 is 1.34. The van der Waals surface area contributed by atoms with E-state index in [4.69, 9.17) is 4.52 Å². The molecule has 0 unspecified atom stereocenters. The summed E-state index contributed by atoms with van der Waals surface area (Å²) in [5.41, 5.74) is 3.72. The molecule has 8 nitrogen and oxygen atoms in total. The zero-order valence-electron chi connectivity index (χ0n) is 17.6. The number of hydrogen-bond acceptors (Lipinski definition) is 7. The average molecular weight is 453 g/mol. The van der Waals surface area contributed by atoms with E-state index >= 15 is 0 Å². The van der Waals surface area contributed by atoms with Crippen molar-refractivity contribution < 1.29 is 13.7 Å². The second-order valence-electron chi connectivity index (χ2n) is 7.16. The molecule has 32 heavy (non-hydrogen) atoms. The number of hydrogen-bond donors (Lipinski definition) is 2. The number of amides is 1. The molecule has 10 heteroatoms. The number of benzene rings is 2. The summed E-state index contributed by atoms with van der Waals surface area (Å²) in [4.78, 5) is 21.0. The SMILES string of the molecule is Cc1cccc(NC(=O)CCc2nc(CSc3n[nH]c(-c4ccc(F)cc4)n3)no2)c1C. The molecule has 164 valence electrons. The van der Waals surface area contributed by atoms with E-state index in [1.165, 1.54) is 23.9 Å². The Hall–Kier alpha value is -3.53. The fourth-order valence-corrected chi connectivity index (χ4v) is 3.59. The van der Waals surface area contributed by atoms with Gasteiger partial charge in [-0.1, -0.05) is 29.1 Å². The molecule has 0 atom stereocenters. The molecule has 0 bridgehead atoms. The summed E-state index contributed by atoms with van der Waals surface area (Å²) in [5, 5.41) is 14.4. The van der Waals surface area contributed by atoms with Crippen LogP contribution in [0.15, 0.2) is 52.1 Å². The van der Waals surface area contributed by atoms with Crippen molar-refractivity contribution in [1.29, 1.82) is 0 Å². The molecule has 0 fully saturated rings. The maximum absolute atomic E-state index is 13.1. The Morgan fingerprint density at radius 2 is 1.97 bits per heavy atom. The average Bonchev–Trinajstić information content (AvgIpc) is 3.44. The number of anilines is 1. The maximum Gasteiger partial charge on any atom is 0.227 e. The molecule has 0 saturated heterocycles. The van der Waals surface area contributed by atoms with Crippen molar-refractivity contribution in [1.82, 2.24) is 25.3 Å². The largest absolute Gasteiger partial charge is 0.339 e. The number of aromatic nitrogens is 5. The molecule has 0 radical (unpaired) electrons. The van der Waals surface area contributed by atoms with E-state index in [-0.39, 0.29) is 18.1 Å². The molecule has 4 rings (SSSR count). The third kappa shape index (κ3) is 5.38. The highest BCUT2D eigenvalue weighted by atomic mass is 32.2. The standard InChI is InChI=1S/C22H21FN6O2S/c1-13-4-3-5-17(14(13)2)24-19(30)10-11-20-25-18(29-31-20)12-32-22-26-21(27-28-22)15-6-8-16(23)9-7-15/h3-9H,10-12H2,1-2H3,(H,24,30)(H,26,27,28). The van der Waals surface area contributed by atoms with Crippen LogP contribution in [0.3, 0.4) is 0 Å². The lowest BCUT2D eigenvalue weighted by Gasteiger charge is -2.09. The fourth-order valence-electron chi connectivity index (χ4n) is 2.95. The van der Waals surface area contributed by atoms with E-state index in [1.54, 1.807) is 12.1 Å². The molecule has 2 aromatic carbocycles. The third-order valence-corrected chi connectivity index (χ3v) is 5.71. The third-order valence-electron chi connectivity index (χ3n) is 4.87. The number of aromatic amines is 1. The number of nitrogens with zero attached hydrogens (tertiary/aromatic N) is 4. The Labute approximate surface area is 188 Å². The summed E-state index contributed by atoms with van der Waals surface area (Å²) in [7, 11) is 0. The number of thioether (sulfide) groups is 1. The Morgan fingerprint density at radius 3 is 2.78 bits per heavy atom. The molecule has 2 heterocycles. The number of halogens is 1. The van der Waals surface area contributed by atoms with E-state index in [9.17, 15) is 9.18 Å². The predicted molar refractivity (Wildman–Crippen MR) is 119 cm³/mol. The lowest BCUT2D eigenvalue weighted by Crippen LogP contribution is -2.13. The fraction of sp³-hybridized carbons (Fsp3) is 0.227. The van der Waals surface area contributed by atoms with Crippen LogP contribution in [-0.2, 0) is 17.0 Å². The molecule has 1 amide bonds. The van der Waals surface area contributed by atoms with Crippen molar-refractivity contribution in [2.45, 2.75) is 37.6 Å². The van der Waals surface area contributed by atoms with Crippen LogP contribution < -0.4 is 5.32 Å². The predicted octanol–water partition coefficient (Wildman–Crippen LogP) is 4.47. The maximum atomic E-state index is 13.1. The number of carbonyl (C=O) groups excluding carboxylic acids is 1. The highest BCUT2D eigenvalue weighted by Crippen LogP contribution is 2.22. The number of rotatable bonds is 8. The van der Waals surface area contributed by atoms with Gasteiger partial charge in [-0.3, -0.25) is 9.89 Å². The first-order valence-electron chi connectivity index (χ1n) is 9.96. The molecular formula is C22H21FN6O2S. The van der Waals surface area contributed by atoms with Crippen LogP contribution in [-0.4, -0.2) is 31.2 Å². The molecule has 0 saturated carbocycles. The number of nitrogens with one attached hydrogen (secondary N) is 2. The van der Waals surface area contributed by atoms with Gasteiger partial charge in [-0.05, 0) is 55.3 Å². The van der Waals surface area contributed by atoms with Gasteiger partial charge >= 0.3 is 0 Å². The molecule has 0 spiro atoms. The van der Waals surface area contributed by atoms with Crippen LogP contribution >= 0.6 is 11.8 Å². The van der Waals surface area contributed by atoms with Crippen LogP contribution in [0.25, 0.3) is 11.4 Å². The molecule has 0 aliphatic heterocycles. The lowest BCUT2D eigenvalue weighted by molar-refractivity contribution is -0.116. The lowest BCUT2D eigenvalue weighted by atomic mass is 10.1. The van der Waals surface area contributed by atoms with Crippen molar-refractivity contribution in [3.8, 4) is 11.4 Å². The Kier molecular flexibility index (Phi) is 6.60. The highest BCUT2D eigenvalue weighted by molar-refractivity contribution is 7.98. The van der Waals surface area contributed by atoms with Gasteiger partial charge in [0.15, 0.2) is 11.6 Å².